The summed E-state index contributed by atoms with van der Waals surface area (Å²) in [6, 6.07) is 0. The molecule has 4 atom stereocenters. The molecule has 1 saturated heterocycles. The van der Waals surface area contributed by atoms with Gasteiger partial charge in [-0.25, -0.2) is 4.98 Å². The van der Waals surface area contributed by atoms with Crippen molar-refractivity contribution in [2.45, 2.75) is 24.9 Å². The molecule has 0 bridgehead atoms. The topological polar surface area (TPSA) is 145 Å². The van der Waals surface area contributed by atoms with Crippen LogP contribution >= 0.6 is 7.23 Å². The lowest BCUT2D eigenvalue weighted by Gasteiger charge is -2.13. The minimum absolute atomic E-state index is 0.0441. The molecule has 0 spiro atoms. The van der Waals surface area contributed by atoms with Crippen LogP contribution in [0.3, 0.4) is 0 Å². The summed E-state index contributed by atoms with van der Waals surface area (Å²) in [5.41, 5.74) is 5.45. The standard InChI is InChI=1S/C10H12N5O5PS/c11-10-13-8-7(9(17)14-10)12-3-15(8)6-1-4(20-21(18)22)5(2-16)19-6/h3-6,16H,1-2H2,(H3,11,13,14,17)/t4-,5+,6+/m0/s1. The van der Waals surface area contributed by atoms with Gasteiger partial charge in [0.1, 0.15) is 18.4 Å². The van der Waals surface area contributed by atoms with Gasteiger partial charge in [-0.15, -0.1) is 0 Å². The zero-order chi connectivity index (χ0) is 15.9. The van der Waals surface area contributed by atoms with Crippen molar-refractivity contribution in [2.75, 3.05) is 12.3 Å². The van der Waals surface area contributed by atoms with Crippen molar-refractivity contribution in [2.24, 2.45) is 0 Å². The normalized spacial score (nSPS) is 25.7. The summed E-state index contributed by atoms with van der Waals surface area (Å²) in [7, 11) is -2.24. The van der Waals surface area contributed by atoms with E-state index in [0.29, 0.717) is 0 Å². The largest absolute Gasteiger partial charge is 0.408 e. The first-order valence-electron chi connectivity index (χ1n) is 6.29. The van der Waals surface area contributed by atoms with Gasteiger partial charge in [0.05, 0.1) is 12.9 Å². The number of H-pyrrole nitrogens is 1. The maximum atomic E-state index is 11.7. The molecule has 4 N–H and O–H groups in total. The third kappa shape index (κ3) is 2.73. The van der Waals surface area contributed by atoms with E-state index in [-0.39, 0.29) is 30.1 Å². The number of rotatable bonds is 4. The van der Waals surface area contributed by atoms with Gasteiger partial charge in [-0.05, 0) is 0 Å². The van der Waals surface area contributed by atoms with Crippen LogP contribution in [-0.4, -0.2) is 43.4 Å². The number of ether oxygens (including phenoxy) is 1. The van der Waals surface area contributed by atoms with Gasteiger partial charge in [0.15, 0.2) is 11.2 Å². The van der Waals surface area contributed by atoms with Crippen molar-refractivity contribution in [3.8, 4) is 0 Å². The Bertz CT molecular complexity index is 779. The number of hydrogen-bond donors (Lipinski definition) is 3. The van der Waals surface area contributed by atoms with Gasteiger partial charge in [0.2, 0.25) is 5.95 Å². The molecule has 2 aromatic rings. The van der Waals surface area contributed by atoms with Crippen LogP contribution in [0.25, 0.3) is 11.2 Å². The number of anilines is 1. The molecule has 10 nitrogen and oxygen atoms in total. The number of nitrogens with two attached hydrogens (primary N) is 1. The van der Waals surface area contributed by atoms with Crippen molar-refractivity contribution in [3.05, 3.63) is 16.7 Å². The number of aliphatic hydroxyl groups is 1. The molecular formula is C10H12N5O5PS. The number of aromatic nitrogens is 4. The van der Waals surface area contributed by atoms with E-state index in [4.69, 9.17) is 15.0 Å². The van der Waals surface area contributed by atoms with Gasteiger partial charge in [0, 0.05) is 6.42 Å². The highest BCUT2D eigenvalue weighted by atomic mass is 32.7. The Hall–Kier alpha value is -1.52. The highest BCUT2D eigenvalue weighted by Crippen LogP contribution is 2.36. The van der Waals surface area contributed by atoms with E-state index >= 15 is 0 Å². The summed E-state index contributed by atoms with van der Waals surface area (Å²) < 4.78 is 23.3. The second kappa shape index (κ2) is 5.94. The molecule has 1 aliphatic heterocycles. The first kappa shape index (κ1) is 15.4. The molecule has 1 fully saturated rings. The quantitative estimate of drug-likeness (QED) is 0.496. The van der Waals surface area contributed by atoms with E-state index in [9.17, 15) is 14.5 Å². The van der Waals surface area contributed by atoms with Crippen LogP contribution < -0.4 is 11.3 Å². The average Bonchev–Trinajstić information content (AvgIpc) is 3.01. The molecule has 1 aliphatic rings. The lowest BCUT2D eigenvalue weighted by Crippen LogP contribution is -2.25. The van der Waals surface area contributed by atoms with E-state index < -0.39 is 31.2 Å². The number of imidazole rings is 1. The van der Waals surface area contributed by atoms with Crippen molar-refractivity contribution in [3.63, 3.8) is 0 Å². The average molecular weight is 345 g/mol. The number of hydrogen-bond acceptors (Lipinski definition) is 9. The Morgan fingerprint density at radius 2 is 2.45 bits per heavy atom. The smallest absolute Gasteiger partial charge is 0.372 e. The SMILES string of the molecule is Nc1nc2c(ncn2[C@H]2C[C@H](O[P+](=O)[S-])[C@@H](CO)O2)c(=O)[nH]1. The molecule has 0 amide bonds. The third-order valence-electron chi connectivity index (χ3n) is 3.34. The zero-order valence-corrected chi connectivity index (χ0v) is 12.8. The molecule has 3 rings (SSSR count). The number of nitrogens with zero attached hydrogens (tertiary/aromatic N) is 3. The summed E-state index contributed by atoms with van der Waals surface area (Å²) in [6.07, 6.45) is -0.216. The fourth-order valence-corrected chi connectivity index (χ4v) is 3.19. The number of aliphatic hydroxyl groups excluding tert-OH is 1. The van der Waals surface area contributed by atoms with Crippen LogP contribution in [-0.2, 0) is 26.1 Å². The monoisotopic (exact) mass is 345 g/mol. The second-order valence-electron chi connectivity index (χ2n) is 4.69. The Kier molecular flexibility index (Phi) is 4.15. The summed E-state index contributed by atoms with van der Waals surface area (Å²) in [5, 5.41) is 9.32. The number of nitrogen functional groups attached to an aromatic ring is 1. The van der Waals surface area contributed by atoms with E-state index in [1.165, 1.54) is 10.9 Å². The maximum Gasteiger partial charge on any atom is 0.372 e. The molecule has 0 radical (unpaired) electrons. The maximum absolute atomic E-state index is 11.7. The summed E-state index contributed by atoms with van der Waals surface area (Å²) >= 11 is 4.52. The van der Waals surface area contributed by atoms with E-state index in [0.717, 1.165) is 0 Å². The van der Waals surface area contributed by atoms with Crippen molar-refractivity contribution in [1.29, 1.82) is 0 Å². The second-order valence-corrected chi connectivity index (χ2v) is 6.24. The fraction of sp³-hybridized carbons (Fsp3) is 0.500. The highest BCUT2D eigenvalue weighted by molar-refractivity contribution is 8.25. The first-order valence-corrected chi connectivity index (χ1v) is 8.48. The van der Waals surface area contributed by atoms with Gasteiger partial charge >= 0.3 is 7.23 Å². The van der Waals surface area contributed by atoms with Crippen LogP contribution in [0.2, 0.25) is 0 Å². The van der Waals surface area contributed by atoms with E-state index in [2.05, 4.69) is 27.2 Å². The predicted octanol–water partition coefficient (Wildman–Crippen LogP) is -0.429. The van der Waals surface area contributed by atoms with Gasteiger partial charge in [-0.2, -0.15) is 9.51 Å². The van der Waals surface area contributed by atoms with Crippen molar-refractivity contribution < 1.29 is 18.9 Å². The molecule has 0 aliphatic carbocycles. The first-order chi connectivity index (χ1) is 10.5. The van der Waals surface area contributed by atoms with Crippen LogP contribution in [0.15, 0.2) is 11.1 Å². The summed E-state index contributed by atoms with van der Waals surface area (Å²) in [4.78, 5) is 22.1. The Morgan fingerprint density at radius 1 is 1.68 bits per heavy atom. The predicted molar refractivity (Wildman–Crippen MR) is 78.0 cm³/mol. The molecule has 22 heavy (non-hydrogen) atoms. The Balaban J connectivity index is 1.95. The van der Waals surface area contributed by atoms with Crippen molar-refractivity contribution >= 4 is 36.6 Å². The molecule has 0 aromatic carbocycles. The number of fused-ring (bicyclic) bond motifs is 1. The van der Waals surface area contributed by atoms with Gasteiger partial charge in [-0.1, -0.05) is 4.57 Å². The summed E-state index contributed by atoms with van der Waals surface area (Å²) in [5.74, 6) is -0.0441. The van der Waals surface area contributed by atoms with Crippen LogP contribution in [0.1, 0.15) is 12.6 Å². The van der Waals surface area contributed by atoms with Gasteiger partial charge < -0.3 is 27.8 Å². The molecular weight excluding hydrogens is 333 g/mol. The zero-order valence-electron chi connectivity index (χ0n) is 11.1. The molecule has 2 aromatic heterocycles. The molecule has 0 saturated carbocycles. The summed E-state index contributed by atoms with van der Waals surface area (Å²) in [6.45, 7) is -0.317. The van der Waals surface area contributed by atoms with E-state index in [1.807, 2.05) is 0 Å². The van der Waals surface area contributed by atoms with Crippen molar-refractivity contribution in [1.82, 2.24) is 19.5 Å². The molecule has 12 heteroatoms. The molecule has 1 unspecified atom stereocenters. The Labute approximate surface area is 129 Å². The van der Waals surface area contributed by atoms with Crippen LogP contribution in [0.5, 0.6) is 0 Å². The number of aromatic amines is 1. The molecule has 118 valence electrons. The number of nitrogens with one attached hydrogen (secondary N) is 1. The van der Waals surface area contributed by atoms with Crippen LogP contribution in [0.4, 0.5) is 5.95 Å². The van der Waals surface area contributed by atoms with Crippen LogP contribution in [0, 0.1) is 0 Å². The van der Waals surface area contributed by atoms with Gasteiger partial charge in [0.25, 0.3) is 5.56 Å². The third-order valence-corrected chi connectivity index (χ3v) is 4.04. The minimum Gasteiger partial charge on any atom is -0.408 e. The highest BCUT2D eigenvalue weighted by Gasteiger charge is 2.40. The van der Waals surface area contributed by atoms with Gasteiger partial charge in [-0.3, -0.25) is 14.3 Å². The minimum atomic E-state index is -2.24. The lowest BCUT2D eigenvalue weighted by molar-refractivity contribution is -0.0380. The lowest BCUT2D eigenvalue weighted by atomic mass is 10.2. The molecule has 3 heterocycles. The fourth-order valence-electron chi connectivity index (χ4n) is 2.41. The Morgan fingerprint density at radius 3 is 3.14 bits per heavy atom. The van der Waals surface area contributed by atoms with E-state index in [1.54, 1.807) is 0 Å².